The van der Waals surface area contributed by atoms with E-state index in [1.54, 1.807) is 18.2 Å². The molecule has 0 radical (unpaired) electrons. The summed E-state index contributed by atoms with van der Waals surface area (Å²) in [5.41, 5.74) is 2.37. The Kier molecular flexibility index (Phi) is 11.9. The fourth-order valence-electron chi connectivity index (χ4n) is 3.83. The SMILES string of the molecule is CCCCc1nc(Cc2ccc(C(=O)O)c(Br)c2)c(CNC(=O)C(CSC(=O)C(C)(C)C)CC(C)C)[nH]1. The quantitative estimate of drug-likeness (QED) is 0.248. The number of carbonyl (C=O) groups is 3. The van der Waals surface area contributed by atoms with Gasteiger partial charge in [-0.2, -0.15) is 0 Å². The topological polar surface area (TPSA) is 112 Å². The molecule has 1 amide bonds. The minimum absolute atomic E-state index is 0.0628. The second-order valence-corrected chi connectivity index (χ2v) is 12.7. The molecule has 7 nitrogen and oxygen atoms in total. The van der Waals surface area contributed by atoms with Gasteiger partial charge in [0.15, 0.2) is 5.12 Å². The fraction of sp³-hybridized carbons (Fsp3) is 0.571. The minimum atomic E-state index is -0.984. The van der Waals surface area contributed by atoms with Crippen molar-refractivity contribution in [3.8, 4) is 0 Å². The number of hydrogen-bond acceptors (Lipinski definition) is 5. The van der Waals surface area contributed by atoms with E-state index >= 15 is 0 Å². The van der Waals surface area contributed by atoms with Gasteiger partial charge in [0.25, 0.3) is 0 Å². The number of aromatic amines is 1. The number of carboxylic acids is 1. The molecule has 0 aliphatic heterocycles. The summed E-state index contributed by atoms with van der Waals surface area (Å²) in [5, 5.41) is 12.5. The van der Waals surface area contributed by atoms with Crippen LogP contribution in [0.2, 0.25) is 0 Å². The number of hydrogen-bond donors (Lipinski definition) is 3. The molecule has 2 rings (SSSR count). The van der Waals surface area contributed by atoms with Crippen LogP contribution in [0.15, 0.2) is 22.7 Å². The molecule has 0 aliphatic rings. The lowest BCUT2D eigenvalue weighted by Crippen LogP contribution is -2.33. The average Bonchev–Trinajstić information content (AvgIpc) is 3.18. The number of amides is 1. The highest BCUT2D eigenvalue weighted by Gasteiger charge is 2.26. The predicted octanol–water partition coefficient (Wildman–Crippen LogP) is 6.39. The Bertz CT molecular complexity index is 1090. The van der Waals surface area contributed by atoms with Crippen molar-refractivity contribution in [2.45, 2.75) is 80.2 Å². The van der Waals surface area contributed by atoms with E-state index in [1.165, 1.54) is 11.8 Å². The highest BCUT2D eigenvalue weighted by atomic mass is 79.9. The number of thioether (sulfide) groups is 1. The maximum Gasteiger partial charge on any atom is 0.336 e. The van der Waals surface area contributed by atoms with Crippen LogP contribution in [-0.4, -0.2) is 37.8 Å². The third-order valence-electron chi connectivity index (χ3n) is 5.91. The molecule has 0 saturated heterocycles. The number of rotatable bonds is 13. The molecule has 0 bridgehead atoms. The number of carboxylic acid groups (broad SMARTS) is 1. The predicted molar refractivity (Wildman–Crippen MR) is 153 cm³/mol. The van der Waals surface area contributed by atoms with E-state index in [4.69, 9.17) is 4.98 Å². The number of H-pyrrole nitrogens is 1. The van der Waals surface area contributed by atoms with Gasteiger partial charge in [-0.15, -0.1) is 0 Å². The van der Waals surface area contributed by atoms with Crippen molar-refractivity contribution in [3.63, 3.8) is 0 Å². The Morgan fingerprint density at radius 1 is 1.22 bits per heavy atom. The lowest BCUT2D eigenvalue weighted by Gasteiger charge is -2.21. The minimum Gasteiger partial charge on any atom is -0.478 e. The van der Waals surface area contributed by atoms with Crippen molar-refractivity contribution >= 4 is 44.7 Å². The Labute approximate surface area is 233 Å². The van der Waals surface area contributed by atoms with Crippen molar-refractivity contribution in [2.24, 2.45) is 17.3 Å². The molecule has 204 valence electrons. The van der Waals surface area contributed by atoms with Gasteiger partial charge in [0.1, 0.15) is 5.82 Å². The second-order valence-electron chi connectivity index (χ2n) is 10.9. The number of aromatic nitrogens is 2. The number of nitrogens with zero attached hydrogens (tertiary/aromatic N) is 1. The lowest BCUT2D eigenvalue weighted by atomic mass is 9.98. The molecule has 9 heteroatoms. The maximum absolute atomic E-state index is 13.2. The van der Waals surface area contributed by atoms with E-state index in [-0.39, 0.29) is 22.5 Å². The summed E-state index contributed by atoms with van der Waals surface area (Å²) in [4.78, 5) is 45.1. The van der Waals surface area contributed by atoms with Gasteiger partial charge in [-0.05, 0) is 52.4 Å². The molecular formula is C28H40BrN3O4S. The number of aryl methyl sites for hydroxylation is 1. The Morgan fingerprint density at radius 3 is 2.49 bits per heavy atom. The molecule has 1 aromatic heterocycles. The smallest absolute Gasteiger partial charge is 0.336 e. The number of carbonyl (C=O) groups excluding carboxylic acids is 2. The number of aromatic carboxylic acids is 1. The third-order valence-corrected chi connectivity index (χ3v) is 8.01. The van der Waals surface area contributed by atoms with Crippen LogP contribution in [0.1, 0.15) is 93.9 Å². The third kappa shape index (κ3) is 9.93. The van der Waals surface area contributed by atoms with Gasteiger partial charge in [-0.1, -0.05) is 65.8 Å². The van der Waals surface area contributed by atoms with E-state index in [0.29, 0.717) is 35.5 Å². The molecule has 0 fully saturated rings. The molecule has 2 aromatic rings. The van der Waals surface area contributed by atoms with Gasteiger partial charge in [-0.25, -0.2) is 9.78 Å². The molecule has 0 saturated carbocycles. The van der Waals surface area contributed by atoms with Gasteiger partial charge in [-0.3, -0.25) is 9.59 Å². The first-order valence-corrected chi connectivity index (χ1v) is 14.6. The molecule has 1 heterocycles. The standard InChI is InChI=1S/C28H40BrN3O4S/c1-7-8-9-24-31-22(14-18-10-11-20(26(34)35)21(29)13-18)23(32-24)15-30-25(33)19(12-17(2)3)16-37-27(36)28(4,5)6/h10-11,13,17,19H,7-9,12,14-16H2,1-6H3,(H,30,33)(H,31,32)(H,34,35). The van der Waals surface area contributed by atoms with Crippen LogP contribution in [0.3, 0.4) is 0 Å². The summed E-state index contributed by atoms with van der Waals surface area (Å²) in [7, 11) is 0. The first-order valence-electron chi connectivity index (χ1n) is 12.8. The number of nitrogens with one attached hydrogen (secondary N) is 2. The van der Waals surface area contributed by atoms with E-state index < -0.39 is 11.4 Å². The van der Waals surface area contributed by atoms with Crippen molar-refractivity contribution in [2.75, 3.05) is 5.75 Å². The summed E-state index contributed by atoms with van der Waals surface area (Å²) in [5.74, 6) is 0.362. The van der Waals surface area contributed by atoms with Crippen LogP contribution in [0.5, 0.6) is 0 Å². The maximum atomic E-state index is 13.2. The number of halogens is 1. The van der Waals surface area contributed by atoms with Crippen LogP contribution in [0.4, 0.5) is 0 Å². The summed E-state index contributed by atoms with van der Waals surface area (Å²) in [6.07, 6.45) is 4.09. The Morgan fingerprint density at radius 2 is 1.92 bits per heavy atom. The van der Waals surface area contributed by atoms with Gasteiger partial charge in [0.05, 0.1) is 23.5 Å². The molecule has 0 aliphatic carbocycles. The Balaban J connectivity index is 2.18. The Hall–Kier alpha value is -2.13. The molecule has 1 aromatic carbocycles. The molecule has 37 heavy (non-hydrogen) atoms. The van der Waals surface area contributed by atoms with Crippen LogP contribution < -0.4 is 5.32 Å². The molecule has 3 N–H and O–H groups in total. The summed E-state index contributed by atoms with van der Waals surface area (Å²) in [6.45, 7) is 12.3. The van der Waals surface area contributed by atoms with Crippen LogP contribution in [0, 0.1) is 17.3 Å². The summed E-state index contributed by atoms with van der Waals surface area (Å²) < 4.78 is 0.521. The number of benzene rings is 1. The van der Waals surface area contributed by atoms with Crippen molar-refractivity contribution in [1.82, 2.24) is 15.3 Å². The highest BCUT2D eigenvalue weighted by molar-refractivity contribution is 9.10. The van der Waals surface area contributed by atoms with E-state index in [9.17, 15) is 19.5 Å². The van der Waals surface area contributed by atoms with Crippen LogP contribution in [-0.2, 0) is 29.0 Å². The van der Waals surface area contributed by atoms with Gasteiger partial charge < -0.3 is 15.4 Å². The van der Waals surface area contributed by atoms with Gasteiger partial charge in [0.2, 0.25) is 5.91 Å². The van der Waals surface area contributed by atoms with Crippen LogP contribution >= 0.6 is 27.7 Å². The second kappa shape index (κ2) is 14.1. The van der Waals surface area contributed by atoms with Gasteiger partial charge in [0, 0.05) is 34.4 Å². The lowest BCUT2D eigenvalue weighted by molar-refractivity contribution is -0.124. The zero-order valence-corrected chi connectivity index (χ0v) is 25.1. The zero-order chi connectivity index (χ0) is 27.8. The monoisotopic (exact) mass is 593 g/mol. The number of imidazole rings is 1. The van der Waals surface area contributed by atoms with E-state index in [0.717, 1.165) is 42.0 Å². The summed E-state index contributed by atoms with van der Waals surface area (Å²) >= 11 is 4.59. The molecular weight excluding hydrogens is 554 g/mol. The van der Waals surface area contributed by atoms with Crippen LogP contribution in [0.25, 0.3) is 0 Å². The largest absolute Gasteiger partial charge is 0.478 e. The first-order chi connectivity index (χ1) is 17.3. The molecule has 0 spiro atoms. The van der Waals surface area contributed by atoms with Gasteiger partial charge >= 0.3 is 5.97 Å². The van der Waals surface area contributed by atoms with Crippen molar-refractivity contribution in [1.29, 1.82) is 0 Å². The number of unbranched alkanes of at least 4 members (excludes halogenated alkanes) is 1. The summed E-state index contributed by atoms with van der Waals surface area (Å²) in [6, 6.07) is 5.17. The van der Waals surface area contributed by atoms with E-state index in [2.05, 4.69) is 47.0 Å². The fourth-order valence-corrected chi connectivity index (χ4v) is 5.50. The normalized spacial score (nSPS) is 12.5. The van der Waals surface area contributed by atoms with E-state index in [1.807, 2.05) is 20.8 Å². The van der Waals surface area contributed by atoms with Crippen molar-refractivity contribution in [3.05, 3.63) is 51.0 Å². The molecule has 1 atom stereocenters. The first kappa shape index (κ1) is 31.1. The molecule has 1 unspecified atom stereocenters. The average molecular weight is 595 g/mol. The van der Waals surface area contributed by atoms with Crippen molar-refractivity contribution < 1.29 is 19.5 Å². The highest BCUT2D eigenvalue weighted by Crippen LogP contribution is 2.27. The zero-order valence-electron chi connectivity index (χ0n) is 22.7.